The number of para-hydroxylation sites is 1. The molecule has 4 heteroatoms. The fraction of sp³-hybridized carbons (Fsp3) is 0.300. The Morgan fingerprint density at radius 1 is 1.12 bits per heavy atom. The normalized spacial score (nSPS) is 11.7. The van der Waals surface area contributed by atoms with Crippen molar-refractivity contribution in [2.24, 2.45) is 0 Å². The molecule has 0 radical (unpaired) electrons. The third-order valence-corrected chi connectivity index (χ3v) is 3.90. The quantitative estimate of drug-likeness (QED) is 0.844. The van der Waals surface area contributed by atoms with Gasteiger partial charge in [-0.1, -0.05) is 42.8 Å². The molecule has 126 valence electrons. The van der Waals surface area contributed by atoms with E-state index in [4.69, 9.17) is 4.74 Å². The Balaban J connectivity index is 2.06. The van der Waals surface area contributed by atoms with E-state index in [1.54, 1.807) is 25.1 Å². The maximum Gasteiger partial charge on any atom is 0.338 e. The summed E-state index contributed by atoms with van der Waals surface area (Å²) >= 11 is 0. The van der Waals surface area contributed by atoms with Gasteiger partial charge in [-0.25, -0.2) is 4.79 Å². The molecule has 2 rings (SSSR count). The molecule has 0 saturated heterocycles. The van der Waals surface area contributed by atoms with Crippen LogP contribution in [0.25, 0.3) is 0 Å². The number of hydrogen-bond donors (Lipinski definition) is 1. The van der Waals surface area contributed by atoms with Crippen LogP contribution >= 0.6 is 0 Å². The van der Waals surface area contributed by atoms with Gasteiger partial charge >= 0.3 is 5.97 Å². The zero-order valence-corrected chi connectivity index (χ0v) is 14.6. The third kappa shape index (κ3) is 4.22. The standard InChI is InChI=1S/C20H23NO3/c1-5-16-10-7-9-14(3)18(16)21-19(22)15(4)24-20(23)17-11-6-8-13(2)12-17/h6-12,15H,5H2,1-4H3,(H,21,22)/t15-/m0/s1. The van der Waals surface area contributed by atoms with Crippen LogP contribution in [0.15, 0.2) is 42.5 Å². The van der Waals surface area contributed by atoms with Gasteiger partial charge < -0.3 is 10.1 Å². The van der Waals surface area contributed by atoms with Crippen molar-refractivity contribution in [1.82, 2.24) is 0 Å². The van der Waals surface area contributed by atoms with Gasteiger partial charge in [0.05, 0.1) is 5.56 Å². The topological polar surface area (TPSA) is 55.4 Å². The number of hydrogen-bond acceptors (Lipinski definition) is 3. The van der Waals surface area contributed by atoms with Crippen molar-refractivity contribution in [3.63, 3.8) is 0 Å². The lowest BCUT2D eigenvalue weighted by Gasteiger charge is -2.17. The summed E-state index contributed by atoms with van der Waals surface area (Å²) < 4.78 is 5.29. The number of ether oxygens (including phenoxy) is 1. The van der Waals surface area contributed by atoms with Crippen LogP contribution in [0.3, 0.4) is 0 Å². The van der Waals surface area contributed by atoms with Gasteiger partial charge in [-0.2, -0.15) is 0 Å². The lowest BCUT2D eigenvalue weighted by atomic mass is 10.1. The van der Waals surface area contributed by atoms with Crippen LogP contribution in [0.1, 0.15) is 40.9 Å². The van der Waals surface area contributed by atoms with E-state index < -0.39 is 12.1 Å². The molecule has 0 saturated carbocycles. The molecule has 0 bridgehead atoms. The molecule has 0 aliphatic heterocycles. The Labute approximate surface area is 142 Å². The largest absolute Gasteiger partial charge is 0.449 e. The van der Waals surface area contributed by atoms with E-state index in [2.05, 4.69) is 5.32 Å². The summed E-state index contributed by atoms with van der Waals surface area (Å²) in [7, 11) is 0. The van der Waals surface area contributed by atoms with Gasteiger partial charge in [0.25, 0.3) is 5.91 Å². The van der Waals surface area contributed by atoms with Crippen molar-refractivity contribution in [2.45, 2.75) is 40.2 Å². The van der Waals surface area contributed by atoms with E-state index in [0.717, 1.165) is 28.8 Å². The Morgan fingerprint density at radius 2 is 1.83 bits per heavy atom. The first-order chi connectivity index (χ1) is 11.4. The summed E-state index contributed by atoms with van der Waals surface area (Å²) in [4.78, 5) is 24.5. The Kier molecular flexibility index (Phi) is 5.74. The predicted molar refractivity (Wildman–Crippen MR) is 95.2 cm³/mol. The number of carbonyl (C=O) groups excluding carboxylic acids is 2. The molecule has 0 aliphatic rings. The molecule has 1 amide bonds. The molecule has 0 spiro atoms. The van der Waals surface area contributed by atoms with Gasteiger partial charge in [0.1, 0.15) is 0 Å². The molecule has 0 heterocycles. The number of nitrogens with one attached hydrogen (secondary N) is 1. The second-order valence-electron chi connectivity index (χ2n) is 5.87. The van der Waals surface area contributed by atoms with Crippen LogP contribution in [-0.4, -0.2) is 18.0 Å². The molecular formula is C20H23NO3. The first kappa shape index (κ1) is 17.7. The Morgan fingerprint density at radius 3 is 2.50 bits per heavy atom. The Bertz CT molecular complexity index is 752. The molecule has 2 aromatic carbocycles. The molecule has 1 N–H and O–H groups in total. The maximum atomic E-state index is 12.4. The zero-order valence-electron chi connectivity index (χ0n) is 14.6. The second-order valence-corrected chi connectivity index (χ2v) is 5.87. The highest BCUT2D eigenvalue weighted by Crippen LogP contribution is 2.21. The number of esters is 1. The molecule has 0 fully saturated rings. The molecule has 0 unspecified atom stereocenters. The summed E-state index contributed by atoms with van der Waals surface area (Å²) in [6.07, 6.45) is -0.0586. The molecule has 24 heavy (non-hydrogen) atoms. The number of carbonyl (C=O) groups is 2. The molecule has 2 aromatic rings. The Hall–Kier alpha value is -2.62. The first-order valence-corrected chi connectivity index (χ1v) is 8.09. The van der Waals surface area contributed by atoms with Crippen molar-refractivity contribution in [2.75, 3.05) is 5.32 Å². The minimum Gasteiger partial charge on any atom is -0.449 e. The molecule has 4 nitrogen and oxygen atoms in total. The van der Waals surface area contributed by atoms with Crippen molar-refractivity contribution in [1.29, 1.82) is 0 Å². The number of amides is 1. The van der Waals surface area contributed by atoms with Crippen molar-refractivity contribution < 1.29 is 14.3 Å². The van der Waals surface area contributed by atoms with Crippen molar-refractivity contribution >= 4 is 17.6 Å². The SMILES string of the molecule is CCc1cccc(C)c1NC(=O)[C@H](C)OC(=O)c1cccc(C)c1. The number of anilines is 1. The van der Waals surface area contributed by atoms with E-state index in [-0.39, 0.29) is 5.91 Å². The summed E-state index contributed by atoms with van der Waals surface area (Å²) in [5.74, 6) is -0.832. The van der Waals surface area contributed by atoms with Crippen LogP contribution in [0.4, 0.5) is 5.69 Å². The van der Waals surface area contributed by atoms with E-state index in [0.29, 0.717) is 5.56 Å². The summed E-state index contributed by atoms with van der Waals surface area (Å²) in [5, 5.41) is 2.88. The smallest absolute Gasteiger partial charge is 0.338 e. The van der Waals surface area contributed by atoms with Crippen molar-refractivity contribution in [3.05, 3.63) is 64.7 Å². The highest BCUT2D eigenvalue weighted by Gasteiger charge is 2.20. The monoisotopic (exact) mass is 325 g/mol. The van der Waals surface area contributed by atoms with E-state index in [9.17, 15) is 9.59 Å². The lowest BCUT2D eigenvalue weighted by Crippen LogP contribution is -2.30. The zero-order chi connectivity index (χ0) is 17.7. The predicted octanol–water partition coefficient (Wildman–Crippen LogP) is 4.05. The average molecular weight is 325 g/mol. The van der Waals surface area contributed by atoms with Gasteiger partial charge in [-0.3, -0.25) is 4.79 Å². The summed E-state index contributed by atoms with van der Waals surface area (Å²) in [6.45, 7) is 7.45. The molecular weight excluding hydrogens is 302 g/mol. The van der Waals surface area contributed by atoms with Crippen LogP contribution in [0, 0.1) is 13.8 Å². The summed E-state index contributed by atoms with van der Waals surface area (Å²) in [6, 6.07) is 13.0. The minimum absolute atomic E-state index is 0.333. The van der Waals surface area contributed by atoms with E-state index in [1.807, 2.05) is 45.0 Å². The van der Waals surface area contributed by atoms with Crippen molar-refractivity contribution in [3.8, 4) is 0 Å². The van der Waals surface area contributed by atoms with Crippen LogP contribution in [-0.2, 0) is 16.0 Å². The minimum atomic E-state index is -0.873. The van der Waals surface area contributed by atoms with Gasteiger partial charge in [-0.15, -0.1) is 0 Å². The third-order valence-electron chi connectivity index (χ3n) is 3.90. The highest BCUT2D eigenvalue weighted by molar-refractivity contribution is 5.98. The lowest BCUT2D eigenvalue weighted by molar-refractivity contribution is -0.123. The van der Waals surface area contributed by atoms with E-state index in [1.165, 1.54) is 0 Å². The maximum absolute atomic E-state index is 12.4. The van der Waals surface area contributed by atoms with E-state index >= 15 is 0 Å². The number of aryl methyl sites for hydroxylation is 3. The second kappa shape index (κ2) is 7.77. The van der Waals surface area contributed by atoms with Crippen LogP contribution < -0.4 is 5.32 Å². The van der Waals surface area contributed by atoms with Gasteiger partial charge in [0.15, 0.2) is 6.10 Å². The number of rotatable bonds is 5. The average Bonchev–Trinajstić information content (AvgIpc) is 2.56. The fourth-order valence-corrected chi connectivity index (χ4v) is 2.48. The summed E-state index contributed by atoms with van der Waals surface area (Å²) in [5.41, 5.74) is 4.25. The molecule has 0 aliphatic carbocycles. The van der Waals surface area contributed by atoms with Gasteiger partial charge in [0, 0.05) is 5.69 Å². The van der Waals surface area contributed by atoms with Gasteiger partial charge in [0.2, 0.25) is 0 Å². The fourth-order valence-electron chi connectivity index (χ4n) is 2.48. The van der Waals surface area contributed by atoms with Gasteiger partial charge in [-0.05, 0) is 50.5 Å². The molecule has 1 atom stereocenters. The van der Waals surface area contributed by atoms with Crippen LogP contribution in [0.2, 0.25) is 0 Å². The highest BCUT2D eigenvalue weighted by atomic mass is 16.5. The van der Waals surface area contributed by atoms with Crippen LogP contribution in [0.5, 0.6) is 0 Å². The number of benzene rings is 2. The molecule has 0 aromatic heterocycles. The first-order valence-electron chi connectivity index (χ1n) is 8.09.